The monoisotopic (exact) mass is 389 g/mol. The molecular formula is C20H21ClFN3O2. The second-order valence-electron chi connectivity index (χ2n) is 7.58. The van der Waals surface area contributed by atoms with Gasteiger partial charge in [0.05, 0.1) is 10.6 Å². The summed E-state index contributed by atoms with van der Waals surface area (Å²) in [6.07, 6.45) is 4.16. The van der Waals surface area contributed by atoms with Crippen molar-refractivity contribution in [2.75, 3.05) is 24.2 Å². The average molecular weight is 390 g/mol. The van der Waals surface area contributed by atoms with Gasteiger partial charge in [-0.05, 0) is 44.2 Å². The van der Waals surface area contributed by atoms with Crippen LogP contribution in [-0.2, 0) is 5.41 Å². The van der Waals surface area contributed by atoms with Crippen molar-refractivity contribution in [1.82, 2.24) is 4.98 Å². The summed E-state index contributed by atoms with van der Waals surface area (Å²) in [7, 11) is 0. The Hall–Kier alpha value is -2.18. The number of rotatable bonds is 3. The molecule has 1 aliphatic heterocycles. The third-order valence-corrected chi connectivity index (χ3v) is 6.32. The second kappa shape index (κ2) is 6.46. The van der Waals surface area contributed by atoms with Crippen molar-refractivity contribution in [1.29, 1.82) is 0 Å². The fourth-order valence-electron chi connectivity index (χ4n) is 4.57. The number of halogens is 2. The lowest BCUT2D eigenvalue weighted by Gasteiger charge is -2.25. The number of pyridine rings is 1. The van der Waals surface area contributed by atoms with Crippen molar-refractivity contribution in [2.45, 2.75) is 31.6 Å². The van der Waals surface area contributed by atoms with Crippen molar-refractivity contribution >= 4 is 28.9 Å². The van der Waals surface area contributed by atoms with Gasteiger partial charge in [0.15, 0.2) is 5.78 Å². The number of anilines is 2. The average Bonchev–Trinajstić information content (AvgIpc) is 3.21. The predicted molar refractivity (Wildman–Crippen MR) is 104 cm³/mol. The zero-order valence-corrected chi connectivity index (χ0v) is 15.7. The molecule has 0 amide bonds. The number of aliphatic hydroxyl groups excluding tert-OH is 1. The number of Topliss-reactive ketones (excluding diaryl/α,β-unsaturated/α-hetero) is 1. The third kappa shape index (κ3) is 2.70. The normalized spacial score (nSPS) is 23.5. The van der Waals surface area contributed by atoms with Gasteiger partial charge in [-0.25, -0.2) is 9.37 Å². The van der Waals surface area contributed by atoms with Crippen LogP contribution in [0.1, 0.15) is 42.1 Å². The minimum atomic E-state index is -0.675. The fraction of sp³-hybridized carbons (Fsp3) is 0.400. The number of carbonyl (C=O) groups is 1. The van der Waals surface area contributed by atoms with Crippen LogP contribution in [0.15, 0.2) is 18.3 Å². The third-order valence-electron chi connectivity index (χ3n) is 5.93. The molecule has 27 heavy (non-hydrogen) atoms. The summed E-state index contributed by atoms with van der Waals surface area (Å²) in [5.41, 5.74) is 7.11. The van der Waals surface area contributed by atoms with Crippen LogP contribution in [0, 0.1) is 11.7 Å². The number of nitrogens with two attached hydrogens (primary N) is 1. The molecule has 1 aliphatic carbocycles. The van der Waals surface area contributed by atoms with Crippen LogP contribution < -0.4 is 11.1 Å². The van der Waals surface area contributed by atoms with Gasteiger partial charge in [0.1, 0.15) is 11.6 Å². The lowest BCUT2D eigenvalue weighted by molar-refractivity contribution is 0.101. The minimum absolute atomic E-state index is 0.105. The molecule has 2 aliphatic rings. The summed E-state index contributed by atoms with van der Waals surface area (Å²) in [5.74, 6) is -0.164. The van der Waals surface area contributed by atoms with E-state index in [1.54, 1.807) is 0 Å². The number of hydrogen-bond acceptors (Lipinski definition) is 5. The highest BCUT2D eigenvalue weighted by Gasteiger charge is 2.47. The van der Waals surface area contributed by atoms with Crippen LogP contribution >= 0.6 is 11.6 Å². The molecule has 4 N–H and O–H groups in total. The summed E-state index contributed by atoms with van der Waals surface area (Å²) < 4.78 is 15.1. The Morgan fingerprint density at radius 1 is 1.48 bits per heavy atom. The SMILES string of the molecule is CC(=O)c1c(N)ccc(-c2cnc3c(c2Cl)C2(CCC(CO)C2)CN3)c1F. The second-order valence-corrected chi connectivity index (χ2v) is 7.96. The Morgan fingerprint density at radius 2 is 2.26 bits per heavy atom. The van der Waals surface area contributed by atoms with Crippen molar-refractivity contribution in [3.05, 3.63) is 40.3 Å². The van der Waals surface area contributed by atoms with Crippen LogP contribution in [0.2, 0.25) is 5.02 Å². The highest BCUT2D eigenvalue weighted by Crippen LogP contribution is 2.53. The van der Waals surface area contributed by atoms with Crippen molar-refractivity contribution < 1.29 is 14.3 Å². The topological polar surface area (TPSA) is 88.2 Å². The van der Waals surface area contributed by atoms with E-state index in [2.05, 4.69) is 10.3 Å². The molecule has 2 unspecified atom stereocenters. The molecule has 0 bridgehead atoms. The first-order valence-electron chi connectivity index (χ1n) is 9.01. The number of fused-ring (bicyclic) bond motifs is 2. The van der Waals surface area contributed by atoms with E-state index in [9.17, 15) is 9.90 Å². The number of benzene rings is 1. The van der Waals surface area contributed by atoms with E-state index in [1.165, 1.54) is 25.3 Å². The zero-order valence-electron chi connectivity index (χ0n) is 15.0. The Labute approximate surface area is 161 Å². The predicted octanol–water partition coefficient (Wildman–Crippen LogP) is 3.78. The summed E-state index contributed by atoms with van der Waals surface area (Å²) in [4.78, 5) is 16.3. The van der Waals surface area contributed by atoms with E-state index in [1.807, 2.05) is 0 Å². The number of nitrogen functional groups attached to an aromatic ring is 1. The van der Waals surface area contributed by atoms with Gasteiger partial charge in [-0.1, -0.05) is 11.6 Å². The van der Waals surface area contributed by atoms with E-state index >= 15 is 4.39 Å². The first-order chi connectivity index (χ1) is 12.9. The fourth-order valence-corrected chi connectivity index (χ4v) is 5.01. The Kier molecular flexibility index (Phi) is 4.35. The quantitative estimate of drug-likeness (QED) is 0.549. The summed E-state index contributed by atoms with van der Waals surface area (Å²) in [5, 5.41) is 13.3. The molecule has 7 heteroatoms. The summed E-state index contributed by atoms with van der Waals surface area (Å²) in [6.45, 7) is 2.14. The number of hydrogen-bond donors (Lipinski definition) is 3. The number of aliphatic hydroxyl groups is 1. The van der Waals surface area contributed by atoms with Gasteiger partial charge in [0.2, 0.25) is 0 Å². The Balaban J connectivity index is 1.87. The number of nitrogens with zero attached hydrogens (tertiary/aromatic N) is 1. The molecule has 4 rings (SSSR count). The minimum Gasteiger partial charge on any atom is -0.398 e. The van der Waals surface area contributed by atoms with E-state index in [0.29, 0.717) is 22.9 Å². The largest absolute Gasteiger partial charge is 0.398 e. The molecule has 1 aromatic carbocycles. The van der Waals surface area contributed by atoms with Crippen LogP contribution in [0.3, 0.4) is 0 Å². The van der Waals surface area contributed by atoms with Gasteiger partial charge in [0, 0.05) is 47.1 Å². The molecular weight excluding hydrogens is 369 g/mol. The lowest BCUT2D eigenvalue weighted by Crippen LogP contribution is -2.25. The van der Waals surface area contributed by atoms with Gasteiger partial charge in [-0.2, -0.15) is 0 Å². The van der Waals surface area contributed by atoms with Crippen LogP contribution in [0.5, 0.6) is 0 Å². The Morgan fingerprint density at radius 3 is 2.93 bits per heavy atom. The Bertz CT molecular complexity index is 949. The molecule has 2 atom stereocenters. The zero-order chi connectivity index (χ0) is 19.3. The van der Waals surface area contributed by atoms with Gasteiger partial charge in [0.25, 0.3) is 0 Å². The van der Waals surface area contributed by atoms with Crippen LogP contribution in [0.4, 0.5) is 15.9 Å². The molecule has 0 saturated heterocycles. The molecule has 1 spiro atoms. The van der Waals surface area contributed by atoms with Gasteiger partial charge >= 0.3 is 0 Å². The number of aromatic nitrogens is 1. The van der Waals surface area contributed by atoms with E-state index in [-0.39, 0.29) is 34.8 Å². The van der Waals surface area contributed by atoms with E-state index in [0.717, 1.165) is 24.8 Å². The van der Waals surface area contributed by atoms with Crippen LogP contribution in [0.25, 0.3) is 11.1 Å². The molecule has 142 valence electrons. The molecule has 1 aromatic heterocycles. The smallest absolute Gasteiger partial charge is 0.164 e. The van der Waals surface area contributed by atoms with E-state index < -0.39 is 11.6 Å². The number of ketones is 1. The number of nitrogens with one attached hydrogen (secondary N) is 1. The van der Waals surface area contributed by atoms with Gasteiger partial charge in [-0.3, -0.25) is 4.79 Å². The summed E-state index contributed by atoms with van der Waals surface area (Å²) >= 11 is 6.77. The van der Waals surface area contributed by atoms with Crippen LogP contribution in [-0.4, -0.2) is 29.0 Å². The van der Waals surface area contributed by atoms with Crippen molar-refractivity contribution in [2.24, 2.45) is 5.92 Å². The first kappa shape index (κ1) is 18.2. The first-order valence-corrected chi connectivity index (χ1v) is 9.39. The van der Waals surface area contributed by atoms with Gasteiger partial charge in [-0.15, -0.1) is 0 Å². The highest BCUT2D eigenvalue weighted by molar-refractivity contribution is 6.34. The molecule has 2 aromatic rings. The highest BCUT2D eigenvalue weighted by atomic mass is 35.5. The van der Waals surface area contributed by atoms with Gasteiger partial charge < -0.3 is 16.2 Å². The maximum Gasteiger partial charge on any atom is 0.164 e. The lowest BCUT2D eigenvalue weighted by atomic mass is 9.80. The molecule has 1 saturated carbocycles. The standard InChI is InChI=1S/C20H21ClFN3O2/c1-10(27)15-14(23)3-2-12(18(15)22)13-7-24-19-16(17(13)21)20(9-25-19)5-4-11(6-20)8-26/h2-3,7,11,26H,4-6,8-9,23H2,1H3,(H,24,25). The van der Waals surface area contributed by atoms with E-state index in [4.69, 9.17) is 17.3 Å². The molecule has 0 radical (unpaired) electrons. The summed E-state index contributed by atoms with van der Waals surface area (Å²) in [6, 6.07) is 3.05. The maximum absolute atomic E-state index is 15.1. The molecule has 2 heterocycles. The maximum atomic E-state index is 15.1. The number of carbonyl (C=O) groups excluding carboxylic acids is 1. The van der Waals surface area contributed by atoms with Crippen molar-refractivity contribution in [3.63, 3.8) is 0 Å². The molecule has 1 fully saturated rings. The molecule has 5 nitrogen and oxygen atoms in total. The van der Waals surface area contributed by atoms with Crippen molar-refractivity contribution in [3.8, 4) is 11.1 Å².